The maximum Gasteiger partial charge on any atom is 0.240 e. The standard InChI is InChI=1S/C20H31N3O2.2ClH/c1-16(22-12-7-3-4-8-13-22)20(24)23-14-11-21-15-18(23)17-9-5-6-10-19(17)25-2;;/h5-6,9-10,16,18,21H,3-4,7-8,11-15H2,1-2H3;2*1H. The highest BCUT2D eigenvalue weighted by atomic mass is 35.5. The zero-order valence-corrected chi connectivity index (χ0v) is 18.0. The van der Waals surface area contributed by atoms with E-state index >= 15 is 0 Å². The van der Waals surface area contributed by atoms with E-state index in [2.05, 4.69) is 28.1 Å². The number of carbonyl (C=O) groups excluding carboxylic acids is 1. The molecular weight excluding hydrogens is 385 g/mol. The Labute approximate surface area is 175 Å². The number of nitrogens with zero attached hydrogens (tertiary/aromatic N) is 2. The van der Waals surface area contributed by atoms with Crippen LogP contribution in [0.5, 0.6) is 5.75 Å². The SMILES string of the molecule is COc1ccccc1C1CNCCN1C(=O)C(C)N1CCCCCC1.Cl.Cl. The van der Waals surface area contributed by atoms with Crippen molar-refractivity contribution in [3.05, 3.63) is 29.8 Å². The lowest BCUT2D eigenvalue weighted by molar-refractivity contribution is -0.140. The maximum atomic E-state index is 13.3. The molecule has 2 saturated heterocycles. The van der Waals surface area contributed by atoms with Gasteiger partial charge in [0.05, 0.1) is 19.2 Å². The predicted octanol–water partition coefficient (Wildman–Crippen LogP) is 3.28. The molecule has 7 heteroatoms. The number of nitrogens with one attached hydrogen (secondary N) is 1. The Morgan fingerprint density at radius 3 is 2.44 bits per heavy atom. The summed E-state index contributed by atoms with van der Waals surface area (Å²) in [6, 6.07) is 8.04. The number of para-hydroxylation sites is 1. The normalized spacial score (nSPS) is 22.0. The van der Waals surface area contributed by atoms with Crippen molar-refractivity contribution < 1.29 is 9.53 Å². The number of halogens is 2. The van der Waals surface area contributed by atoms with Gasteiger partial charge in [-0.15, -0.1) is 24.8 Å². The van der Waals surface area contributed by atoms with E-state index in [1.165, 1.54) is 25.7 Å². The summed E-state index contributed by atoms with van der Waals surface area (Å²) in [6.45, 7) is 6.54. The summed E-state index contributed by atoms with van der Waals surface area (Å²) in [7, 11) is 1.70. The Bertz CT molecular complexity index is 580. The zero-order chi connectivity index (χ0) is 17.6. The van der Waals surface area contributed by atoms with Gasteiger partial charge in [-0.2, -0.15) is 0 Å². The zero-order valence-electron chi connectivity index (χ0n) is 16.4. The van der Waals surface area contributed by atoms with Gasteiger partial charge in [-0.1, -0.05) is 31.0 Å². The van der Waals surface area contributed by atoms with Gasteiger partial charge >= 0.3 is 0 Å². The maximum absolute atomic E-state index is 13.3. The van der Waals surface area contributed by atoms with Crippen molar-refractivity contribution in [2.45, 2.75) is 44.7 Å². The third-order valence-electron chi connectivity index (χ3n) is 5.57. The van der Waals surface area contributed by atoms with Gasteiger partial charge in [-0.05, 0) is 38.9 Å². The molecule has 2 aliphatic rings. The molecule has 2 heterocycles. The van der Waals surface area contributed by atoms with Gasteiger partial charge in [0, 0.05) is 25.2 Å². The van der Waals surface area contributed by atoms with E-state index in [1.807, 2.05) is 18.2 Å². The number of rotatable bonds is 4. The van der Waals surface area contributed by atoms with Crippen molar-refractivity contribution in [1.29, 1.82) is 0 Å². The van der Waals surface area contributed by atoms with E-state index in [-0.39, 0.29) is 42.8 Å². The molecule has 2 fully saturated rings. The van der Waals surface area contributed by atoms with Crippen molar-refractivity contribution in [3.8, 4) is 5.75 Å². The molecule has 1 amide bonds. The first kappa shape index (κ1) is 24.0. The van der Waals surface area contributed by atoms with Gasteiger partial charge in [0.2, 0.25) is 5.91 Å². The van der Waals surface area contributed by atoms with Gasteiger partial charge < -0.3 is 15.0 Å². The quantitative estimate of drug-likeness (QED) is 0.815. The third kappa shape index (κ3) is 5.74. The van der Waals surface area contributed by atoms with Crippen LogP contribution < -0.4 is 10.1 Å². The Morgan fingerprint density at radius 2 is 1.78 bits per heavy atom. The average Bonchev–Trinajstić information content (AvgIpc) is 2.96. The van der Waals surface area contributed by atoms with E-state index in [9.17, 15) is 4.79 Å². The second-order valence-electron chi connectivity index (χ2n) is 7.12. The lowest BCUT2D eigenvalue weighted by Gasteiger charge is -2.40. The lowest BCUT2D eigenvalue weighted by Crippen LogP contribution is -2.54. The number of carbonyl (C=O) groups is 1. The minimum Gasteiger partial charge on any atom is -0.496 e. The Kier molecular flexibility index (Phi) is 10.5. The summed E-state index contributed by atoms with van der Waals surface area (Å²) in [5.41, 5.74) is 1.09. The van der Waals surface area contributed by atoms with Crippen LogP contribution in [0.15, 0.2) is 24.3 Å². The average molecular weight is 418 g/mol. The third-order valence-corrected chi connectivity index (χ3v) is 5.57. The summed E-state index contributed by atoms with van der Waals surface area (Å²) in [6.07, 6.45) is 4.98. The first-order chi connectivity index (χ1) is 12.2. The summed E-state index contributed by atoms with van der Waals surface area (Å²) >= 11 is 0. The molecule has 0 radical (unpaired) electrons. The summed E-state index contributed by atoms with van der Waals surface area (Å²) < 4.78 is 5.54. The van der Waals surface area contributed by atoms with Crippen molar-refractivity contribution in [1.82, 2.24) is 15.1 Å². The minimum absolute atomic E-state index is 0. The molecule has 1 aromatic carbocycles. The number of ether oxygens (including phenoxy) is 1. The molecule has 154 valence electrons. The summed E-state index contributed by atoms with van der Waals surface area (Å²) in [5.74, 6) is 1.11. The molecule has 2 aliphatic heterocycles. The van der Waals surface area contributed by atoms with Crippen LogP contribution in [0.4, 0.5) is 0 Å². The van der Waals surface area contributed by atoms with Crippen molar-refractivity contribution in [3.63, 3.8) is 0 Å². The molecule has 5 nitrogen and oxygen atoms in total. The largest absolute Gasteiger partial charge is 0.496 e. The first-order valence-corrected chi connectivity index (χ1v) is 9.60. The van der Waals surface area contributed by atoms with Crippen LogP contribution >= 0.6 is 24.8 Å². The van der Waals surface area contributed by atoms with E-state index in [4.69, 9.17) is 4.74 Å². The number of likely N-dealkylation sites (tertiary alicyclic amines) is 1. The number of amides is 1. The molecule has 0 bridgehead atoms. The van der Waals surface area contributed by atoms with Crippen LogP contribution in [0, 0.1) is 0 Å². The van der Waals surface area contributed by atoms with Gasteiger partial charge in [-0.3, -0.25) is 9.69 Å². The summed E-state index contributed by atoms with van der Waals surface area (Å²) in [5, 5.41) is 3.43. The molecule has 0 aromatic heterocycles. The molecule has 0 saturated carbocycles. The lowest BCUT2D eigenvalue weighted by atomic mass is 10.0. The molecule has 0 spiro atoms. The van der Waals surface area contributed by atoms with Crippen LogP contribution in [0.3, 0.4) is 0 Å². The molecule has 1 N–H and O–H groups in total. The van der Waals surface area contributed by atoms with Crippen molar-refractivity contribution in [2.75, 3.05) is 39.8 Å². The fraction of sp³-hybridized carbons (Fsp3) is 0.650. The van der Waals surface area contributed by atoms with Crippen LogP contribution in [-0.2, 0) is 4.79 Å². The number of methoxy groups -OCH3 is 1. The fourth-order valence-electron chi connectivity index (χ4n) is 4.07. The van der Waals surface area contributed by atoms with Gasteiger partial charge in [0.25, 0.3) is 0 Å². The van der Waals surface area contributed by atoms with Crippen molar-refractivity contribution >= 4 is 30.7 Å². The fourth-order valence-corrected chi connectivity index (χ4v) is 4.07. The van der Waals surface area contributed by atoms with E-state index in [0.29, 0.717) is 0 Å². The number of hydrogen-bond donors (Lipinski definition) is 1. The van der Waals surface area contributed by atoms with E-state index < -0.39 is 0 Å². The van der Waals surface area contributed by atoms with Crippen LogP contribution in [0.1, 0.15) is 44.2 Å². The Hall–Kier alpha value is -1.01. The molecule has 2 unspecified atom stereocenters. The molecule has 1 aromatic rings. The molecule has 2 atom stereocenters. The minimum atomic E-state index is -0.0478. The van der Waals surface area contributed by atoms with Gasteiger partial charge in [0.1, 0.15) is 5.75 Å². The second kappa shape index (κ2) is 11.7. The Balaban J connectivity index is 0.00000182. The van der Waals surface area contributed by atoms with E-state index in [1.54, 1.807) is 7.11 Å². The second-order valence-corrected chi connectivity index (χ2v) is 7.12. The van der Waals surface area contributed by atoms with Crippen LogP contribution in [0.25, 0.3) is 0 Å². The number of piperazine rings is 1. The van der Waals surface area contributed by atoms with Crippen molar-refractivity contribution in [2.24, 2.45) is 0 Å². The smallest absolute Gasteiger partial charge is 0.240 e. The Morgan fingerprint density at radius 1 is 1.11 bits per heavy atom. The van der Waals surface area contributed by atoms with Gasteiger partial charge in [-0.25, -0.2) is 0 Å². The molecule has 3 rings (SSSR count). The summed E-state index contributed by atoms with van der Waals surface area (Å²) in [4.78, 5) is 17.7. The van der Waals surface area contributed by atoms with E-state index in [0.717, 1.165) is 44.0 Å². The number of benzene rings is 1. The topological polar surface area (TPSA) is 44.8 Å². The highest BCUT2D eigenvalue weighted by Crippen LogP contribution is 2.31. The monoisotopic (exact) mass is 417 g/mol. The van der Waals surface area contributed by atoms with Crippen LogP contribution in [0.2, 0.25) is 0 Å². The highest BCUT2D eigenvalue weighted by Gasteiger charge is 2.34. The number of hydrogen-bond acceptors (Lipinski definition) is 4. The predicted molar refractivity (Wildman–Crippen MR) is 114 cm³/mol. The molecule has 27 heavy (non-hydrogen) atoms. The highest BCUT2D eigenvalue weighted by molar-refractivity contribution is 5.85. The molecular formula is C20H33Cl2N3O2. The van der Waals surface area contributed by atoms with Crippen LogP contribution in [-0.4, -0.2) is 61.6 Å². The van der Waals surface area contributed by atoms with Gasteiger partial charge in [0.15, 0.2) is 0 Å². The molecule has 0 aliphatic carbocycles. The first-order valence-electron chi connectivity index (χ1n) is 9.60.